The zero-order valence-electron chi connectivity index (χ0n) is 29.0. The number of rotatable bonds is 9. The summed E-state index contributed by atoms with van der Waals surface area (Å²) in [4.78, 5) is 56.7. The molecule has 0 radical (unpaired) electrons. The Balaban J connectivity index is -0.000000334. The number of aldehydes is 1. The van der Waals surface area contributed by atoms with Crippen molar-refractivity contribution in [3.8, 4) is 0 Å². The summed E-state index contributed by atoms with van der Waals surface area (Å²) in [5, 5.41) is 34.4. The van der Waals surface area contributed by atoms with Crippen molar-refractivity contribution in [3.05, 3.63) is 69.2 Å². The molecule has 0 aliphatic heterocycles. The molecule has 2 aromatic carbocycles. The molecule has 52 heavy (non-hydrogen) atoms. The number of hydrogen-bond donors (Lipinski definition) is 6. The van der Waals surface area contributed by atoms with Gasteiger partial charge in [0, 0.05) is 30.0 Å². The van der Waals surface area contributed by atoms with Crippen molar-refractivity contribution in [2.75, 3.05) is 6.61 Å². The van der Waals surface area contributed by atoms with Crippen LogP contribution in [-0.2, 0) is 39.9 Å². The van der Waals surface area contributed by atoms with Gasteiger partial charge in [-0.1, -0.05) is 42.3 Å². The molecule has 20 heteroatoms. The second-order valence-electron chi connectivity index (χ2n) is 10.5. The lowest BCUT2D eigenvalue weighted by atomic mass is 9.90. The Morgan fingerprint density at radius 1 is 0.904 bits per heavy atom. The fourth-order valence-electron chi connectivity index (χ4n) is 3.33. The van der Waals surface area contributed by atoms with Gasteiger partial charge < -0.3 is 37.0 Å². The van der Waals surface area contributed by atoms with Crippen molar-refractivity contribution in [2.24, 2.45) is 5.73 Å². The predicted molar refractivity (Wildman–Crippen MR) is 173 cm³/mol. The fraction of sp³-hybridized carbons (Fsp3) is 0.469. The second kappa shape index (κ2) is 24.7. The number of esters is 1. The van der Waals surface area contributed by atoms with E-state index in [-0.39, 0.29) is 41.5 Å². The van der Waals surface area contributed by atoms with Crippen LogP contribution in [0.15, 0.2) is 36.4 Å². The highest BCUT2D eigenvalue weighted by Gasteiger charge is 2.52. The number of carboxylic acids is 2. The molecule has 0 spiro atoms. The number of aryl methyl sites for hydroxylation is 1. The number of nitrogens with two attached hydrogens (primary N) is 1. The molecule has 0 heterocycles. The lowest BCUT2D eigenvalue weighted by Crippen LogP contribution is -2.39. The van der Waals surface area contributed by atoms with Gasteiger partial charge in [-0.25, -0.2) is 0 Å². The first-order valence-corrected chi connectivity index (χ1v) is 14.7. The number of alkyl halides is 6. The normalized spacial score (nSPS) is 13.2. The average molecular weight is 781 g/mol. The Morgan fingerprint density at radius 2 is 1.33 bits per heavy atom. The molecule has 0 saturated carbocycles. The minimum Gasteiger partial charge on any atom is -0.481 e. The molecule has 2 rings (SSSR count). The molecule has 0 aliphatic rings. The van der Waals surface area contributed by atoms with Crippen molar-refractivity contribution >= 4 is 41.9 Å². The number of hydrogen-bond acceptors (Lipinski definition) is 11. The molecule has 0 aromatic heterocycles. The summed E-state index contributed by atoms with van der Waals surface area (Å²) in [6, 6.07) is 6.33. The Hall–Kier alpha value is -4.39. The summed E-state index contributed by atoms with van der Waals surface area (Å²) in [6.07, 6.45) is -8.16. The van der Waals surface area contributed by atoms with Gasteiger partial charge in [-0.05, 0) is 69.0 Å². The molecule has 3 atom stereocenters. The highest BCUT2D eigenvalue weighted by atomic mass is 35.5. The summed E-state index contributed by atoms with van der Waals surface area (Å²) in [7, 11) is 0. The minimum absolute atomic E-state index is 0. The van der Waals surface area contributed by atoms with Gasteiger partial charge in [0.05, 0.1) is 13.0 Å². The van der Waals surface area contributed by atoms with Gasteiger partial charge in [0.2, 0.25) is 0 Å². The van der Waals surface area contributed by atoms with Gasteiger partial charge in [0.1, 0.15) is 6.29 Å². The van der Waals surface area contributed by atoms with Crippen LogP contribution in [0.1, 0.15) is 92.5 Å². The van der Waals surface area contributed by atoms with E-state index in [1.54, 1.807) is 19.9 Å². The molecule has 0 saturated heterocycles. The van der Waals surface area contributed by atoms with Gasteiger partial charge in [-0.2, -0.15) is 35.9 Å². The third-order valence-electron chi connectivity index (χ3n) is 5.97. The molecule has 9 N–H and O–H groups in total. The lowest BCUT2D eigenvalue weighted by Gasteiger charge is -2.28. The highest BCUT2D eigenvalue weighted by Crippen LogP contribution is 2.40. The summed E-state index contributed by atoms with van der Waals surface area (Å²) >= 11 is 5.55. The van der Waals surface area contributed by atoms with Crippen molar-refractivity contribution in [1.82, 2.24) is 6.15 Å². The van der Waals surface area contributed by atoms with Crippen molar-refractivity contribution in [3.63, 3.8) is 0 Å². The van der Waals surface area contributed by atoms with Crippen LogP contribution in [0.3, 0.4) is 0 Å². The van der Waals surface area contributed by atoms with Crippen LogP contribution >= 0.6 is 11.6 Å². The Labute approximate surface area is 300 Å². The standard InChI is InChI=1S/C15H20F3NO3.C10H8ClF3O2.C4H8O2.C2H4O2.CO2.H3N/c1-4-22-13(20)8-12(19)10-5-9(2)6-11(7-10)14(3,21)15(16,17)18;1-9(16,10(12,13)14)7-2-6(5-15)3-8(11)4-7;1-2-3-4(5)6;1-2(3)4;2-1-3;/h5-7,12,21H,4,8,19H2,1-3H3;2-5,16H,1H3;2-3H2,1H3,(H,5,6);1H3,(H,3,4);;1H3. The van der Waals surface area contributed by atoms with Crippen LogP contribution in [-0.4, -0.2) is 69.7 Å². The Bertz CT molecular complexity index is 1460. The predicted octanol–water partition coefficient (Wildman–Crippen LogP) is 6.18. The van der Waals surface area contributed by atoms with Crippen LogP contribution in [0, 0.1) is 6.92 Å². The van der Waals surface area contributed by atoms with E-state index >= 15 is 0 Å². The van der Waals surface area contributed by atoms with Gasteiger partial charge >= 0.3 is 30.4 Å². The van der Waals surface area contributed by atoms with E-state index in [2.05, 4.69) is 0 Å². The van der Waals surface area contributed by atoms with Gasteiger partial charge in [0.15, 0.2) is 11.2 Å². The molecular formula is C32H43ClF6N2O11. The van der Waals surface area contributed by atoms with E-state index in [0.29, 0.717) is 37.7 Å². The first kappa shape index (κ1) is 54.4. The quantitative estimate of drug-likeness (QED) is 0.0945. The molecule has 0 bridgehead atoms. The van der Waals surface area contributed by atoms with E-state index in [1.807, 2.05) is 6.92 Å². The maximum absolute atomic E-state index is 12.9. The number of carbonyl (C=O) groups is 4. The monoisotopic (exact) mass is 780 g/mol. The van der Waals surface area contributed by atoms with E-state index < -0.39 is 53.1 Å². The summed E-state index contributed by atoms with van der Waals surface area (Å²) in [5.41, 5.74) is -0.113. The van der Waals surface area contributed by atoms with Crippen LogP contribution in [0.25, 0.3) is 0 Å². The maximum atomic E-state index is 12.9. The van der Waals surface area contributed by atoms with Crippen molar-refractivity contribution in [1.29, 1.82) is 0 Å². The van der Waals surface area contributed by atoms with E-state index in [1.165, 1.54) is 18.2 Å². The van der Waals surface area contributed by atoms with Crippen LogP contribution in [0.5, 0.6) is 0 Å². The summed E-state index contributed by atoms with van der Waals surface area (Å²) in [5.74, 6) is -2.07. The number of halogens is 7. The number of ether oxygens (including phenoxy) is 1. The third-order valence-corrected chi connectivity index (χ3v) is 6.19. The largest absolute Gasteiger partial charge is 0.481 e. The molecular weight excluding hydrogens is 738 g/mol. The fourth-order valence-corrected chi connectivity index (χ4v) is 3.57. The lowest BCUT2D eigenvalue weighted by molar-refractivity contribution is -0.259. The van der Waals surface area contributed by atoms with Gasteiger partial charge in [-0.15, -0.1) is 0 Å². The average Bonchev–Trinajstić information content (AvgIpc) is 2.96. The third kappa shape index (κ3) is 21.1. The highest BCUT2D eigenvalue weighted by molar-refractivity contribution is 6.30. The number of aliphatic hydroxyl groups is 2. The zero-order valence-corrected chi connectivity index (χ0v) is 29.8. The number of aliphatic carboxylic acids is 2. The zero-order chi connectivity index (χ0) is 41.0. The van der Waals surface area contributed by atoms with Gasteiger partial charge in [-0.3, -0.25) is 19.2 Å². The molecule has 3 unspecified atom stereocenters. The maximum Gasteiger partial charge on any atom is 0.421 e. The van der Waals surface area contributed by atoms with Crippen LogP contribution < -0.4 is 11.9 Å². The smallest absolute Gasteiger partial charge is 0.421 e. The van der Waals surface area contributed by atoms with E-state index in [0.717, 1.165) is 25.5 Å². The number of benzene rings is 2. The van der Waals surface area contributed by atoms with Crippen molar-refractivity contribution in [2.45, 2.75) is 90.4 Å². The molecule has 0 amide bonds. The minimum atomic E-state index is -4.84. The number of carboxylic acid groups (broad SMARTS) is 2. The summed E-state index contributed by atoms with van der Waals surface area (Å²) in [6.45, 7) is 7.66. The molecule has 2 aromatic rings. The molecule has 13 nitrogen and oxygen atoms in total. The first-order valence-electron chi connectivity index (χ1n) is 14.4. The number of carbonyl (C=O) groups excluding carboxylic acids is 4. The van der Waals surface area contributed by atoms with Crippen LogP contribution in [0.4, 0.5) is 26.3 Å². The van der Waals surface area contributed by atoms with Crippen molar-refractivity contribution < 1.29 is 80.3 Å². The summed E-state index contributed by atoms with van der Waals surface area (Å²) < 4.78 is 81.1. The van der Waals surface area contributed by atoms with Gasteiger partial charge in [0.25, 0.3) is 5.97 Å². The molecule has 0 fully saturated rings. The van der Waals surface area contributed by atoms with E-state index in [9.17, 15) is 50.9 Å². The Morgan fingerprint density at radius 3 is 1.65 bits per heavy atom. The first-order chi connectivity index (χ1) is 23.1. The Kier molecular flexibility index (Phi) is 25.9. The van der Waals surface area contributed by atoms with Crippen LogP contribution in [0.2, 0.25) is 5.02 Å². The second-order valence-corrected chi connectivity index (χ2v) is 11.0. The van der Waals surface area contributed by atoms with E-state index in [4.69, 9.17) is 46.7 Å². The molecule has 296 valence electrons. The SMILES string of the molecule is CC(=O)O.CC(O)(c1cc(Cl)cc(C=O)c1)C(F)(F)F.CCCC(=O)O.CCOC(=O)CC(N)c1cc(C)cc(C(C)(O)C(F)(F)F)c1.N.O=C=O. The topological polar surface area (TPSA) is 254 Å². The molecule has 0 aliphatic carbocycles.